The Hall–Kier alpha value is -3.24. The van der Waals surface area contributed by atoms with Gasteiger partial charge in [0.25, 0.3) is 0 Å². The fourth-order valence-corrected chi connectivity index (χ4v) is 4.79. The van der Waals surface area contributed by atoms with Crippen LogP contribution < -0.4 is 9.26 Å². The van der Waals surface area contributed by atoms with Gasteiger partial charge in [-0.2, -0.15) is 0 Å². The van der Waals surface area contributed by atoms with Crippen molar-refractivity contribution in [1.82, 2.24) is 0 Å². The molecule has 1 aliphatic rings. The smallest absolute Gasteiger partial charge is 0.468 e. The Morgan fingerprint density at radius 2 is 1.34 bits per heavy atom. The molecule has 0 aliphatic heterocycles. The molecule has 0 spiro atoms. The summed E-state index contributed by atoms with van der Waals surface area (Å²) in [6, 6.07) is 19.4. The van der Waals surface area contributed by atoms with E-state index in [1.165, 1.54) is 24.0 Å². The summed E-state index contributed by atoms with van der Waals surface area (Å²) in [5, 5.41) is 0. The Morgan fingerprint density at radius 1 is 0.800 bits per heavy atom. The quantitative estimate of drug-likeness (QED) is 0.0721. The van der Waals surface area contributed by atoms with Crippen LogP contribution >= 0.6 is 7.82 Å². The van der Waals surface area contributed by atoms with Crippen molar-refractivity contribution in [3.63, 3.8) is 0 Å². The van der Waals surface area contributed by atoms with E-state index >= 15 is 0 Å². The molecule has 0 aromatic heterocycles. The lowest BCUT2D eigenvalue weighted by atomic mass is 9.95. The summed E-state index contributed by atoms with van der Waals surface area (Å²) in [5.74, 6) is 1.13. The number of phosphoric ester groups is 1. The number of rotatable bonds is 14. The molecule has 0 unspecified atom stereocenters. The maximum absolute atomic E-state index is 11.1. The van der Waals surface area contributed by atoms with Gasteiger partial charge < -0.3 is 28.2 Å². The van der Waals surface area contributed by atoms with Gasteiger partial charge in [-0.25, -0.2) is 4.57 Å². The van der Waals surface area contributed by atoms with Gasteiger partial charge in [0.05, 0.1) is 18.6 Å². The highest BCUT2D eigenvalue weighted by Crippen LogP contribution is 2.42. The molecule has 10 nitrogen and oxygen atoms in total. The van der Waals surface area contributed by atoms with Crippen LogP contribution in [0.5, 0.6) is 11.5 Å². The van der Waals surface area contributed by atoms with Gasteiger partial charge in [-0.3, -0.25) is 14.6 Å². The Balaban J connectivity index is 0.000000339. The number of hydrogen-bond donors (Lipinski definition) is 2. The Bertz CT molecular complexity index is 1430. The number of phosphoric acid groups is 1. The average Bonchev–Trinajstić information content (AvgIpc) is 3.76. The molecule has 2 N–H and O–H groups in total. The maximum atomic E-state index is 11.1. The van der Waals surface area contributed by atoms with Crippen LogP contribution in [-0.2, 0) is 34.7 Å². The summed E-state index contributed by atoms with van der Waals surface area (Å²) in [6.07, 6.45) is 2.76. The van der Waals surface area contributed by atoms with E-state index in [-0.39, 0.29) is 23.2 Å². The fraction of sp³-hybridized carbons (Fsp3) is 0.513. The number of carbonyl (C=O) groups is 1. The van der Waals surface area contributed by atoms with Crippen LogP contribution in [0.4, 0.5) is 0 Å². The van der Waals surface area contributed by atoms with Gasteiger partial charge in [0, 0.05) is 18.8 Å². The van der Waals surface area contributed by atoms with Crippen molar-refractivity contribution >= 4 is 13.8 Å². The first kappa shape index (κ1) is 44.8. The number of aryl methyl sites for hydroxylation is 4. The predicted octanol–water partition coefficient (Wildman–Crippen LogP) is 8.92. The molecule has 4 rings (SSSR count). The van der Waals surface area contributed by atoms with Gasteiger partial charge in [-0.05, 0) is 109 Å². The molecule has 1 fully saturated rings. The van der Waals surface area contributed by atoms with Gasteiger partial charge in [0.15, 0.2) is 6.79 Å². The molecule has 0 saturated heterocycles. The molecule has 0 radical (unpaired) electrons. The van der Waals surface area contributed by atoms with E-state index in [9.17, 15) is 9.36 Å². The average molecular weight is 719 g/mol. The van der Waals surface area contributed by atoms with Crippen LogP contribution in [0.15, 0.2) is 60.7 Å². The van der Waals surface area contributed by atoms with Gasteiger partial charge in [-0.15, -0.1) is 0 Å². The lowest BCUT2D eigenvalue weighted by molar-refractivity contribution is -0.142. The zero-order chi connectivity index (χ0) is 37.7. The van der Waals surface area contributed by atoms with Gasteiger partial charge in [-0.1, -0.05) is 67.4 Å². The van der Waals surface area contributed by atoms with Crippen LogP contribution in [0.3, 0.4) is 0 Å². The molecule has 0 heterocycles. The number of hydrogen-bond acceptors (Lipinski definition) is 8. The van der Waals surface area contributed by atoms with E-state index in [0.717, 1.165) is 34.6 Å². The zero-order valence-electron chi connectivity index (χ0n) is 31.6. The molecule has 3 aromatic rings. The standard InChI is InChI=1S/C11H17O4P.C11H14O2.C10H14O2.C7H14O2/c1-7(2)11-9(4)5-8(3)6-10(11)15-16(12,13)14;1-3-13-11(12)8-10-6-4-9(2)5-7-10;1-3-11-8-12-10-6-4-9(2)5-7-10;1-3-8-6-9-7(2)4-5-7/h5-7H,1-4H3,(H2,12,13,14);4-7H,3,8H2,1-2H3;4-7H,3,8H2,1-2H3;3-6H2,1-2H3. The third-order valence-electron chi connectivity index (χ3n) is 7.25. The van der Waals surface area contributed by atoms with Gasteiger partial charge >= 0.3 is 13.8 Å². The van der Waals surface area contributed by atoms with Crippen LogP contribution in [-0.4, -0.2) is 54.8 Å². The zero-order valence-corrected chi connectivity index (χ0v) is 32.5. The number of ether oxygens (including phenoxy) is 5. The minimum Gasteiger partial charge on any atom is -0.468 e. The SMILES string of the molecule is CCOC(=O)Cc1ccc(C)cc1.CCOCOC1(C)CC1.CCOCOc1ccc(C)cc1.Cc1cc(C)c(C(C)C)c(OP(=O)(O)O)c1. The first-order valence-electron chi connectivity index (χ1n) is 17.1. The molecule has 11 heteroatoms. The lowest BCUT2D eigenvalue weighted by Gasteiger charge is -2.17. The molecule has 3 aromatic carbocycles. The minimum atomic E-state index is -4.49. The molecule has 0 atom stereocenters. The molecule has 50 heavy (non-hydrogen) atoms. The van der Waals surface area contributed by atoms with Crippen molar-refractivity contribution < 1.29 is 47.4 Å². The number of benzene rings is 3. The Morgan fingerprint density at radius 3 is 1.82 bits per heavy atom. The predicted molar refractivity (Wildman–Crippen MR) is 198 cm³/mol. The molecule has 0 bridgehead atoms. The Kier molecular flexibility index (Phi) is 20.8. The Labute approximate surface area is 299 Å². The second-order valence-electron chi connectivity index (χ2n) is 12.5. The van der Waals surface area contributed by atoms with E-state index in [4.69, 9.17) is 38.0 Å². The van der Waals surface area contributed by atoms with E-state index in [1.807, 2.05) is 117 Å². The van der Waals surface area contributed by atoms with Crippen molar-refractivity contribution in [2.24, 2.45) is 0 Å². The lowest BCUT2D eigenvalue weighted by Crippen LogP contribution is -2.11. The van der Waals surface area contributed by atoms with Crippen LogP contribution in [0.25, 0.3) is 0 Å². The van der Waals surface area contributed by atoms with E-state index in [1.54, 1.807) is 6.07 Å². The number of esters is 1. The monoisotopic (exact) mass is 718 g/mol. The van der Waals surface area contributed by atoms with Crippen molar-refractivity contribution in [1.29, 1.82) is 0 Å². The summed E-state index contributed by atoms with van der Waals surface area (Å²) in [6.45, 7) is 22.3. The van der Waals surface area contributed by atoms with Crippen molar-refractivity contribution in [3.8, 4) is 11.5 Å². The normalized spacial score (nSPS) is 12.7. The van der Waals surface area contributed by atoms with Crippen LogP contribution in [0.1, 0.15) is 93.7 Å². The third-order valence-corrected chi connectivity index (χ3v) is 7.68. The first-order valence-corrected chi connectivity index (χ1v) is 18.6. The molecule has 0 amide bonds. The van der Waals surface area contributed by atoms with Crippen molar-refractivity contribution in [2.45, 2.75) is 100 Å². The number of carbonyl (C=O) groups excluding carboxylic acids is 1. The summed E-state index contributed by atoms with van der Waals surface area (Å²) in [4.78, 5) is 28.8. The maximum Gasteiger partial charge on any atom is 0.524 e. The third kappa shape index (κ3) is 20.4. The molecular formula is C39H59O10P. The summed E-state index contributed by atoms with van der Waals surface area (Å²) in [7, 11) is -4.49. The van der Waals surface area contributed by atoms with E-state index in [2.05, 4.69) is 6.92 Å². The summed E-state index contributed by atoms with van der Waals surface area (Å²) < 4.78 is 41.1. The van der Waals surface area contributed by atoms with Crippen LogP contribution in [0, 0.1) is 27.7 Å². The summed E-state index contributed by atoms with van der Waals surface area (Å²) in [5.41, 5.74) is 6.36. The first-order chi connectivity index (χ1) is 23.5. The summed E-state index contributed by atoms with van der Waals surface area (Å²) >= 11 is 0. The van der Waals surface area contributed by atoms with Crippen molar-refractivity contribution in [2.75, 3.05) is 33.4 Å². The molecule has 280 valence electrons. The topological polar surface area (TPSA) is 130 Å². The van der Waals surface area contributed by atoms with E-state index in [0.29, 0.717) is 33.2 Å². The van der Waals surface area contributed by atoms with E-state index < -0.39 is 7.82 Å². The second-order valence-corrected chi connectivity index (χ2v) is 13.6. The fourth-order valence-electron chi connectivity index (χ4n) is 4.38. The highest BCUT2D eigenvalue weighted by atomic mass is 31.2. The highest BCUT2D eigenvalue weighted by molar-refractivity contribution is 7.46. The molecular weight excluding hydrogens is 659 g/mol. The van der Waals surface area contributed by atoms with Gasteiger partial charge in [0.1, 0.15) is 18.3 Å². The molecule has 1 aliphatic carbocycles. The van der Waals surface area contributed by atoms with Crippen molar-refractivity contribution in [3.05, 3.63) is 94.0 Å². The minimum absolute atomic E-state index is 0.155. The van der Waals surface area contributed by atoms with Gasteiger partial charge in [0.2, 0.25) is 0 Å². The second kappa shape index (κ2) is 23.3. The molecule has 1 saturated carbocycles. The van der Waals surface area contributed by atoms with Crippen LogP contribution in [0.2, 0.25) is 0 Å². The highest BCUT2D eigenvalue weighted by Gasteiger charge is 2.38. The largest absolute Gasteiger partial charge is 0.524 e.